The van der Waals surface area contributed by atoms with E-state index in [-0.39, 0.29) is 18.1 Å². The van der Waals surface area contributed by atoms with Crippen molar-refractivity contribution in [2.24, 2.45) is 0 Å². The van der Waals surface area contributed by atoms with E-state index >= 15 is 0 Å². The zero-order valence-corrected chi connectivity index (χ0v) is 18.5. The Morgan fingerprint density at radius 1 is 0.862 bits per heavy atom. The monoisotopic (exact) mass is 476 g/mol. The molecule has 3 rings (SSSR count). The molecule has 0 atom stereocenters. The van der Waals surface area contributed by atoms with Gasteiger partial charge in [0.2, 0.25) is 0 Å². The largest absolute Gasteiger partial charge is 0.497 e. The molecule has 0 bridgehead atoms. The van der Waals surface area contributed by atoms with Crippen LogP contribution in [0.5, 0.6) is 11.5 Å². The Bertz CT molecular complexity index is 1010. The van der Waals surface area contributed by atoms with Crippen LogP contribution in [-0.4, -0.2) is 31.9 Å². The second-order valence-electron chi connectivity index (χ2n) is 6.28. The molecule has 1 aromatic heterocycles. The van der Waals surface area contributed by atoms with Gasteiger partial charge in [0.25, 0.3) is 10.0 Å². The number of aromatic nitrogens is 1. The van der Waals surface area contributed by atoms with E-state index in [1.54, 1.807) is 20.3 Å². The molecule has 0 aliphatic rings. The van der Waals surface area contributed by atoms with Crippen molar-refractivity contribution in [2.75, 3.05) is 14.2 Å². The first-order chi connectivity index (χ1) is 13.9. The average molecular weight is 477 g/mol. The second kappa shape index (κ2) is 9.39. The number of hydrogen-bond donors (Lipinski definition) is 0. The van der Waals surface area contributed by atoms with Crippen molar-refractivity contribution in [2.45, 2.75) is 18.1 Å². The zero-order chi connectivity index (χ0) is 20.9. The summed E-state index contributed by atoms with van der Waals surface area (Å²) in [6.07, 6.45) is 1.47. The molecule has 2 aromatic carbocycles. The van der Waals surface area contributed by atoms with E-state index in [1.165, 1.54) is 16.6 Å². The number of sulfonamides is 1. The third-order valence-electron chi connectivity index (χ3n) is 4.34. The number of rotatable bonds is 8. The summed E-state index contributed by atoms with van der Waals surface area (Å²) in [5.74, 6) is 1.43. The number of nitrogens with zero attached hydrogens (tertiary/aromatic N) is 2. The molecule has 0 amide bonds. The molecule has 0 radical (unpaired) electrons. The fourth-order valence-corrected chi connectivity index (χ4v) is 4.61. The van der Waals surface area contributed by atoms with E-state index in [1.807, 2.05) is 48.5 Å². The van der Waals surface area contributed by atoms with Gasteiger partial charge in [-0.1, -0.05) is 40.2 Å². The smallest absolute Gasteiger partial charge is 0.261 e. The molecular formula is C21H21BrN2O4S. The number of ether oxygens (including phenoxy) is 2. The van der Waals surface area contributed by atoms with Crippen LogP contribution in [0.4, 0.5) is 0 Å². The second-order valence-corrected chi connectivity index (χ2v) is 9.08. The lowest BCUT2D eigenvalue weighted by atomic mass is 10.2. The maximum absolute atomic E-state index is 13.3. The summed E-state index contributed by atoms with van der Waals surface area (Å²) in [4.78, 5) is 4.07. The van der Waals surface area contributed by atoms with E-state index in [0.29, 0.717) is 16.0 Å². The van der Waals surface area contributed by atoms with Crippen LogP contribution in [0.25, 0.3) is 0 Å². The SMILES string of the molecule is COc1ccc(CN(Cc2ccc(OC)cc2)S(=O)(=O)c2cc(Br)ccn2)cc1. The van der Waals surface area contributed by atoms with Crippen molar-refractivity contribution in [3.63, 3.8) is 0 Å². The highest BCUT2D eigenvalue weighted by atomic mass is 79.9. The van der Waals surface area contributed by atoms with Gasteiger partial charge in [0.05, 0.1) is 14.2 Å². The third-order valence-corrected chi connectivity index (χ3v) is 6.52. The maximum Gasteiger partial charge on any atom is 0.261 e. The first-order valence-corrected chi connectivity index (χ1v) is 11.0. The van der Waals surface area contributed by atoms with Gasteiger partial charge in [0, 0.05) is 23.8 Å². The predicted molar refractivity (Wildman–Crippen MR) is 114 cm³/mol. The normalized spacial score (nSPS) is 11.4. The molecule has 0 aliphatic carbocycles. The Morgan fingerprint density at radius 3 is 1.76 bits per heavy atom. The van der Waals surface area contributed by atoms with Gasteiger partial charge < -0.3 is 9.47 Å². The minimum absolute atomic E-state index is 0.00565. The molecule has 0 spiro atoms. The summed E-state index contributed by atoms with van der Waals surface area (Å²) in [7, 11) is -0.638. The van der Waals surface area contributed by atoms with Gasteiger partial charge in [-0.15, -0.1) is 0 Å². The third kappa shape index (κ3) is 5.35. The maximum atomic E-state index is 13.3. The van der Waals surface area contributed by atoms with Crippen molar-refractivity contribution in [1.82, 2.24) is 9.29 Å². The lowest BCUT2D eigenvalue weighted by molar-refractivity contribution is 0.396. The number of halogens is 1. The van der Waals surface area contributed by atoms with Gasteiger partial charge in [0.15, 0.2) is 5.03 Å². The van der Waals surface area contributed by atoms with Gasteiger partial charge in [0.1, 0.15) is 11.5 Å². The minimum atomic E-state index is -3.82. The molecule has 0 unspecified atom stereocenters. The zero-order valence-electron chi connectivity index (χ0n) is 16.1. The van der Waals surface area contributed by atoms with Gasteiger partial charge in [-0.2, -0.15) is 4.31 Å². The van der Waals surface area contributed by atoms with Crippen LogP contribution in [0.15, 0.2) is 76.4 Å². The van der Waals surface area contributed by atoms with E-state index in [4.69, 9.17) is 9.47 Å². The molecule has 0 aliphatic heterocycles. The summed E-state index contributed by atoms with van der Waals surface area (Å²) in [5.41, 5.74) is 1.69. The molecule has 8 heteroatoms. The van der Waals surface area contributed by atoms with Crippen LogP contribution in [-0.2, 0) is 23.1 Å². The Balaban J connectivity index is 1.94. The summed E-state index contributed by atoms with van der Waals surface area (Å²) in [6.45, 7) is 0.402. The highest BCUT2D eigenvalue weighted by Gasteiger charge is 2.26. The van der Waals surface area contributed by atoms with E-state index in [2.05, 4.69) is 20.9 Å². The Hall–Kier alpha value is -2.42. The fourth-order valence-electron chi connectivity index (χ4n) is 2.75. The van der Waals surface area contributed by atoms with Crippen LogP contribution in [0.3, 0.4) is 0 Å². The lowest BCUT2D eigenvalue weighted by Crippen LogP contribution is -2.31. The van der Waals surface area contributed by atoms with Crippen LogP contribution in [0, 0.1) is 0 Å². The number of hydrogen-bond acceptors (Lipinski definition) is 5. The van der Waals surface area contributed by atoms with Gasteiger partial charge in [-0.05, 0) is 47.5 Å². The highest BCUT2D eigenvalue weighted by Crippen LogP contribution is 2.23. The van der Waals surface area contributed by atoms with E-state index in [9.17, 15) is 8.42 Å². The summed E-state index contributed by atoms with van der Waals surface area (Å²) < 4.78 is 39.1. The highest BCUT2D eigenvalue weighted by molar-refractivity contribution is 9.10. The lowest BCUT2D eigenvalue weighted by Gasteiger charge is -2.22. The number of pyridine rings is 1. The first kappa shape index (κ1) is 21.3. The molecule has 0 saturated heterocycles. The molecule has 29 heavy (non-hydrogen) atoms. The predicted octanol–water partition coefficient (Wildman–Crippen LogP) is 4.25. The topological polar surface area (TPSA) is 68.7 Å². The van der Waals surface area contributed by atoms with Crippen LogP contribution in [0.1, 0.15) is 11.1 Å². The molecule has 1 heterocycles. The number of benzene rings is 2. The Kier molecular flexibility index (Phi) is 6.89. The van der Waals surface area contributed by atoms with Gasteiger partial charge in [-0.25, -0.2) is 13.4 Å². The molecule has 0 fully saturated rings. The Labute approximate surface area is 179 Å². The quantitative estimate of drug-likeness (QED) is 0.485. The molecule has 152 valence electrons. The average Bonchev–Trinajstić information content (AvgIpc) is 2.74. The van der Waals surface area contributed by atoms with Crippen molar-refractivity contribution in [3.05, 3.63) is 82.5 Å². The minimum Gasteiger partial charge on any atom is -0.497 e. The number of methoxy groups -OCH3 is 2. The Morgan fingerprint density at radius 2 is 1.34 bits per heavy atom. The summed E-state index contributed by atoms with van der Waals surface area (Å²) in [5, 5.41) is -0.00565. The summed E-state index contributed by atoms with van der Waals surface area (Å²) >= 11 is 3.32. The molecule has 0 N–H and O–H groups in total. The van der Waals surface area contributed by atoms with Gasteiger partial charge >= 0.3 is 0 Å². The van der Waals surface area contributed by atoms with Crippen molar-refractivity contribution >= 4 is 26.0 Å². The fraction of sp³-hybridized carbons (Fsp3) is 0.190. The van der Waals surface area contributed by atoms with Gasteiger partial charge in [-0.3, -0.25) is 0 Å². The van der Waals surface area contributed by atoms with Crippen molar-refractivity contribution < 1.29 is 17.9 Å². The molecule has 6 nitrogen and oxygen atoms in total. The molecule has 0 saturated carbocycles. The van der Waals surface area contributed by atoms with Crippen molar-refractivity contribution in [1.29, 1.82) is 0 Å². The van der Waals surface area contributed by atoms with Crippen LogP contribution >= 0.6 is 15.9 Å². The summed E-state index contributed by atoms with van der Waals surface area (Å²) in [6, 6.07) is 17.8. The molecule has 3 aromatic rings. The van der Waals surface area contributed by atoms with E-state index < -0.39 is 10.0 Å². The first-order valence-electron chi connectivity index (χ1n) is 8.80. The van der Waals surface area contributed by atoms with E-state index in [0.717, 1.165) is 11.1 Å². The van der Waals surface area contributed by atoms with Crippen LogP contribution < -0.4 is 9.47 Å². The molecular weight excluding hydrogens is 456 g/mol. The van der Waals surface area contributed by atoms with Crippen LogP contribution in [0.2, 0.25) is 0 Å². The standard InChI is InChI=1S/C21H21BrN2O4S/c1-27-19-7-3-16(4-8-19)14-24(15-17-5-9-20(28-2)10-6-17)29(25,26)21-13-18(22)11-12-23-21/h3-13H,14-15H2,1-2H3. The van der Waals surface area contributed by atoms with Crippen molar-refractivity contribution in [3.8, 4) is 11.5 Å².